The predicted molar refractivity (Wildman–Crippen MR) is 82.7 cm³/mol. The Morgan fingerprint density at radius 1 is 0.905 bits per heavy atom. The lowest BCUT2D eigenvalue weighted by molar-refractivity contribution is -0.119. The molecule has 4 saturated carbocycles. The van der Waals surface area contributed by atoms with Crippen LogP contribution in [-0.4, -0.2) is 17.0 Å². The molecule has 1 N–H and O–H groups in total. The lowest BCUT2D eigenvalue weighted by Gasteiger charge is -2.57. The molecule has 118 valence electrons. The lowest BCUT2D eigenvalue weighted by atomic mass is 9.48. The first kappa shape index (κ1) is 14.2. The molecule has 0 spiro atoms. The van der Waals surface area contributed by atoms with Gasteiger partial charge in [-0.1, -0.05) is 6.92 Å². The van der Waals surface area contributed by atoms with Crippen LogP contribution in [0.4, 0.5) is 0 Å². The van der Waals surface area contributed by atoms with Gasteiger partial charge in [0, 0.05) is 12.8 Å². The summed E-state index contributed by atoms with van der Waals surface area (Å²) in [4.78, 5) is 11.9. The van der Waals surface area contributed by atoms with E-state index in [-0.39, 0.29) is 6.10 Å². The van der Waals surface area contributed by atoms with E-state index in [9.17, 15) is 9.90 Å². The van der Waals surface area contributed by atoms with Crippen molar-refractivity contribution in [1.29, 1.82) is 0 Å². The first-order valence-corrected chi connectivity index (χ1v) is 9.29. The van der Waals surface area contributed by atoms with Crippen molar-refractivity contribution in [3.63, 3.8) is 0 Å². The van der Waals surface area contributed by atoms with Gasteiger partial charge in [0.15, 0.2) is 0 Å². The number of hydrogen-bond donors (Lipinski definition) is 1. The van der Waals surface area contributed by atoms with Crippen molar-refractivity contribution in [3.8, 4) is 0 Å². The molecule has 7 unspecified atom stereocenters. The van der Waals surface area contributed by atoms with Crippen molar-refractivity contribution >= 4 is 5.78 Å². The summed E-state index contributed by atoms with van der Waals surface area (Å²) in [5.41, 5.74) is 0.453. The van der Waals surface area contributed by atoms with Crippen LogP contribution in [0.25, 0.3) is 0 Å². The van der Waals surface area contributed by atoms with Crippen LogP contribution >= 0.6 is 0 Å². The average Bonchev–Trinajstić information content (AvgIpc) is 2.74. The number of hydrogen-bond acceptors (Lipinski definition) is 2. The second-order valence-electron chi connectivity index (χ2n) is 8.68. The Labute approximate surface area is 128 Å². The molecule has 0 bridgehead atoms. The van der Waals surface area contributed by atoms with Crippen LogP contribution in [-0.2, 0) is 4.79 Å². The van der Waals surface area contributed by atoms with Gasteiger partial charge >= 0.3 is 0 Å². The van der Waals surface area contributed by atoms with Gasteiger partial charge in [0.05, 0.1) is 6.10 Å². The standard InChI is InChI=1S/C19H30O2/c1-19-11-10-12-2-3-13(20)4-5-14(12)16(19)7-6-15-17(19)8-9-18(15)21/h12,14-18,21H,2-11H2,1H3. The van der Waals surface area contributed by atoms with E-state index in [1.165, 1.54) is 32.1 Å². The number of Topliss-reactive ketones (excluding diaryl/α,β-unsaturated/α-hetero) is 1. The SMILES string of the molecule is CC12CCC3CCC(=O)CCC3C1CCC1C(O)CCC12. The summed E-state index contributed by atoms with van der Waals surface area (Å²) >= 11 is 0. The van der Waals surface area contributed by atoms with E-state index in [1.54, 1.807) is 0 Å². The molecule has 4 aliphatic rings. The van der Waals surface area contributed by atoms with Crippen molar-refractivity contribution in [2.75, 3.05) is 0 Å². The van der Waals surface area contributed by atoms with Gasteiger partial charge in [0.25, 0.3) is 0 Å². The maximum Gasteiger partial charge on any atom is 0.132 e. The summed E-state index contributed by atoms with van der Waals surface area (Å²) in [6.45, 7) is 2.54. The molecule has 0 aromatic carbocycles. The summed E-state index contributed by atoms with van der Waals surface area (Å²) in [6.07, 6.45) is 11.5. The van der Waals surface area contributed by atoms with E-state index in [4.69, 9.17) is 0 Å². The highest BCUT2D eigenvalue weighted by molar-refractivity contribution is 5.78. The Kier molecular flexibility index (Phi) is 3.44. The van der Waals surface area contributed by atoms with Gasteiger partial charge in [-0.25, -0.2) is 0 Å². The van der Waals surface area contributed by atoms with Crippen molar-refractivity contribution in [1.82, 2.24) is 0 Å². The van der Waals surface area contributed by atoms with Gasteiger partial charge in [-0.3, -0.25) is 4.79 Å². The third-order valence-corrected chi connectivity index (χ3v) is 8.02. The molecule has 0 heterocycles. The minimum Gasteiger partial charge on any atom is -0.393 e. The second kappa shape index (κ2) is 5.08. The van der Waals surface area contributed by atoms with E-state index in [0.717, 1.165) is 55.8 Å². The van der Waals surface area contributed by atoms with Crippen molar-refractivity contribution in [2.24, 2.45) is 35.0 Å². The van der Waals surface area contributed by atoms with Gasteiger partial charge in [0.1, 0.15) is 5.78 Å². The molecule has 0 aromatic rings. The van der Waals surface area contributed by atoms with E-state index in [2.05, 4.69) is 6.92 Å². The Bertz CT molecular complexity index is 431. The van der Waals surface area contributed by atoms with Gasteiger partial charge in [-0.2, -0.15) is 0 Å². The van der Waals surface area contributed by atoms with Crippen LogP contribution in [0, 0.1) is 35.0 Å². The molecular formula is C19H30O2. The summed E-state index contributed by atoms with van der Waals surface area (Å²) in [6, 6.07) is 0. The van der Waals surface area contributed by atoms with Crippen LogP contribution in [0.1, 0.15) is 71.1 Å². The lowest BCUT2D eigenvalue weighted by Crippen LogP contribution is -2.50. The monoisotopic (exact) mass is 290 g/mol. The minimum atomic E-state index is -0.0267. The van der Waals surface area contributed by atoms with Gasteiger partial charge in [0.2, 0.25) is 0 Å². The van der Waals surface area contributed by atoms with Gasteiger partial charge in [-0.05, 0) is 86.4 Å². The number of ketones is 1. The molecule has 0 radical (unpaired) electrons. The van der Waals surface area contributed by atoms with Crippen LogP contribution in [0.2, 0.25) is 0 Å². The number of carbonyl (C=O) groups excluding carboxylic acids is 1. The highest BCUT2D eigenvalue weighted by atomic mass is 16.3. The molecular weight excluding hydrogens is 260 g/mol. The van der Waals surface area contributed by atoms with E-state index < -0.39 is 0 Å². The van der Waals surface area contributed by atoms with Crippen molar-refractivity contribution in [3.05, 3.63) is 0 Å². The number of fused-ring (bicyclic) bond motifs is 5. The highest BCUT2D eigenvalue weighted by Gasteiger charge is 2.56. The molecule has 0 saturated heterocycles. The Morgan fingerprint density at radius 3 is 2.48 bits per heavy atom. The molecule has 21 heavy (non-hydrogen) atoms. The minimum absolute atomic E-state index is 0.0267. The topological polar surface area (TPSA) is 37.3 Å². The van der Waals surface area contributed by atoms with E-state index in [1.807, 2.05) is 0 Å². The summed E-state index contributed by atoms with van der Waals surface area (Å²) < 4.78 is 0. The van der Waals surface area contributed by atoms with Crippen molar-refractivity contribution < 1.29 is 9.90 Å². The largest absolute Gasteiger partial charge is 0.393 e. The van der Waals surface area contributed by atoms with Crippen LogP contribution in [0.5, 0.6) is 0 Å². The zero-order chi connectivity index (χ0) is 14.6. The molecule has 2 nitrogen and oxygen atoms in total. The first-order valence-electron chi connectivity index (χ1n) is 9.29. The molecule has 2 heteroatoms. The summed E-state index contributed by atoms with van der Waals surface area (Å²) in [7, 11) is 0. The zero-order valence-electron chi connectivity index (χ0n) is 13.4. The molecule has 0 amide bonds. The van der Waals surface area contributed by atoms with E-state index >= 15 is 0 Å². The Balaban J connectivity index is 1.61. The quantitative estimate of drug-likeness (QED) is 0.733. The Hall–Kier alpha value is -0.370. The molecule has 4 rings (SSSR count). The maximum absolute atomic E-state index is 11.9. The Morgan fingerprint density at radius 2 is 1.62 bits per heavy atom. The summed E-state index contributed by atoms with van der Waals surface area (Å²) in [5, 5.41) is 10.3. The van der Waals surface area contributed by atoms with E-state index in [0.29, 0.717) is 17.1 Å². The third kappa shape index (κ3) is 2.12. The predicted octanol–water partition coefficient (Wildman–Crippen LogP) is 3.96. The number of aliphatic hydroxyl groups excluding tert-OH is 1. The summed E-state index contributed by atoms with van der Waals surface area (Å²) in [5.74, 6) is 4.29. The van der Waals surface area contributed by atoms with Crippen LogP contribution < -0.4 is 0 Å². The fourth-order valence-corrected chi connectivity index (χ4v) is 6.94. The molecule has 4 aliphatic carbocycles. The zero-order valence-corrected chi connectivity index (χ0v) is 13.4. The fourth-order valence-electron chi connectivity index (χ4n) is 6.94. The van der Waals surface area contributed by atoms with Gasteiger partial charge < -0.3 is 5.11 Å². The first-order chi connectivity index (χ1) is 10.1. The number of carbonyl (C=O) groups is 1. The highest BCUT2D eigenvalue weighted by Crippen LogP contribution is 2.63. The molecule has 7 atom stereocenters. The van der Waals surface area contributed by atoms with Crippen molar-refractivity contribution in [2.45, 2.75) is 77.2 Å². The third-order valence-electron chi connectivity index (χ3n) is 8.02. The smallest absolute Gasteiger partial charge is 0.132 e. The van der Waals surface area contributed by atoms with Gasteiger partial charge in [-0.15, -0.1) is 0 Å². The van der Waals surface area contributed by atoms with Crippen LogP contribution in [0.15, 0.2) is 0 Å². The molecule has 0 aromatic heterocycles. The maximum atomic E-state index is 11.9. The molecule has 4 fully saturated rings. The second-order valence-corrected chi connectivity index (χ2v) is 8.68. The number of aliphatic hydroxyl groups is 1. The average molecular weight is 290 g/mol. The molecule has 0 aliphatic heterocycles. The van der Waals surface area contributed by atoms with Crippen LogP contribution in [0.3, 0.4) is 0 Å². The fraction of sp³-hybridized carbons (Fsp3) is 0.947. The normalized spacial score (nSPS) is 53.5. The number of rotatable bonds is 0.